The molecule has 1 aromatic rings. The monoisotopic (exact) mass is 309 g/mol. The number of carbonyl (C=O) groups is 1. The minimum absolute atomic E-state index is 0.115. The summed E-state index contributed by atoms with van der Waals surface area (Å²) in [5.74, 6) is -1.39. The number of hydrogen-bond acceptors (Lipinski definition) is 3. The number of nitrogens with zero attached hydrogens (tertiary/aromatic N) is 1. The third-order valence-electron chi connectivity index (χ3n) is 4.02. The Labute approximate surface area is 130 Å². The van der Waals surface area contributed by atoms with E-state index in [4.69, 9.17) is 21.1 Å². The molecule has 0 aromatic heterocycles. The summed E-state index contributed by atoms with van der Waals surface area (Å²) in [6, 6.07) is 5.49. The molecule has 4 nitrogen and oxygen atoms in total. The lowest BCUT2D eigenvalue weighted by Gasteiger charge is -2.32. The second-order valence-electron chi connectivity index (χ2n) is 5.49. The van der Waals surface area contributed by atoms with Crippen molar-refractivity contribution in [1.29, 1.82) is 0 Å². The Morgan fingerprint density at radius 3 is 2.76 bits per heavy atom. The molecule has 0 bridgehead atoms. The fourth-order valence-corrected chi connectivity index (χ4v) is 3.13. The molecule has 1 aromatic carbocycles. The second-order valence-corrected chi connectivity index (χ2v) is 5.93. The van der Waals surface area contributed by atoms with Crippen LogP contribution >= 0.6 is 11.6 Å². The van der Waals surface area contributed by atoms with Crippen LogP contribution in [0.1, 0.15) is 38.2 Å². The molecule has 1 saturated heterocycles. The van der Waals surface area contributed by atoms with E-state index in [0.717, 1.165) is 36.9 Å². The maximum absolute atomic E-state index is 12.9. The molecule has 2 aliphatic heterocycles. The first-order valence-corrected chi connectivity index (χ1v) is 7.97. The maximum Gasteiger partial charge on any atom is 0.292 e. The predicted octanol–water partition coefficient (Wildman–Crippen LogP) is 3.47. The molecule has 21 heavy (non-hydrogen) atoms. The van der Waals surface area contributed by atoms with Gasteiger partial charge in [0.15, 0.2) is 0 Å². The minimum atomic E-state index is -1.27. The van der Waals surface area contributed by atoms with Gasteiger partial charge in [0.2, 0.25) is 0 Å². The number of halogens is 1. The quantitative estimate of drug-likeness (QED) is 0.799. The van der Waals surface area contributed by atoms with Crippen LogP contribution in [0.25, 0.3) is 0 Å². The number of hydrogen-bond donors (Lipinski definition) is 0. The van der Waals surface area contributed by atoms with Crippen molar-refractivity contribution < 1.29 is 14.3 Å². The van der Waals surface area contributed by atoms with Crippen molar-refractivity contribution >= 4 is 23.2 Å². The molecule has 1 amide bonds. The summed E-state index contributed by atoms with van der Waals surface area (Å²) in [6.45, 7) is 3.89. The second kappa shape index (κ2) is 5.95. The summed E-state index contributed by atoms with van der Waals surface area (Å²) in [6.07, 6.45) is 4.00. The number of carbonyl (C=O) groups excluding carboxylic acids is 1. The van der Waals surface area contributed by atoms with E-state index in [2.05, 4.69) is 6.92 Å². The molecule has 3 rings (SSSR count). The topological polar surface area (TPSA) is 38.8 Å². The van der Waals surface area contributed by atoms with Crippen molar-refractivity contribution in [1.82, 2.24) is 0 Å². The number of rotatable bonds is 4. The highest BCUT2D eigenvalue weighted by Crippen LogP contribution is 2.46. The lowest BCUT2D eigenvalue weighted by atomic mass is 10.1. The minimum Gasteiger partial charge on any atom is -0.338 e. The van der Waals surface area contributed by atoms with Gasteiger partial charge in [-0.15, -0.1) is 0 Å². The molecule has 0 unspecified atom stereocenters. The van der Waals surface area contributed by atoms with Gasteiger partial charge in [-0.25, -0.2) is 0 Å². The van der Waals surface area contributed by atoms with Crippen molar-refractivity contribution in [3.63, 3.8) is 0 Å². The van der Waals surface area contributed by atoms with E-state index in [-0.39, 0.29) is 5.91 Å². The number of fused-ring (bicyclic) bond motifs is 2. The first-order valence-electron chi connectivity index (χ1n) is 7.59. The molecule has 5 heteroatoms. The van der Waals surface area contributed by atoms with Crippen LogP contribution in [-0.2, 0) is 20.1 Å². The van der Waals surface area contributed by atoms with Crippen molar-refractivity contribution in [2.45, 2.75) is 38.4 Å². The van der Waals surface area contributed by atoms with Gasteiger partial charge in [0, 0.05) is 17.1 Å². The summed E-state index contributed by atoms with van der Waals surface area (Å²) in [7, 11) is 0. The van der Waals surface area contributed by atoms with Crippen LogP contribution in [0.3, 0.4) is 0 Å². The van der Waals surface area contributed by atoms with Crippen LogP contribution in [0, 0.1) is 0 Å². The lowest BCUT2D eigenvalue weighted by Crippen LogP contribution is -2.47. The van der Waals surface area contributed by atoms with Crippen LogP contribution < -0.4 is 4.90 Å². The Hall–Kier alpha value is -1.10. The molecule has 1 spiro atoms. The zero-order valence-electron chi connectivity index (χ0n) is 12.2. The van der Waals surface area contributed by atoms with Crippen LogP contribution in [0.5, 0.6) is 0 Å². The van der Waals surface area contributed by atoms with Gasteiger partial charge in [0.25, 0.3) is 11.7 Å². The summed E-state index contributed by atoms with van der Waals surface area (Å²) in [5.41, 5.74) is 1.61. The Bertz CT molecular complexity index is 540. The molecule has 1 fully saturated rings. The smallest absolute Gasteiger partial charge is 0.292 e. The fraction of sp³-hybridized carbons (Fsp3) is 0.562. The Morgan fingerprint density at radius 2 is 2.05 bits per heavy atom. The Balaban J connectivity index is 1.97. The summed E-state index contributed by atoms with van der Waals surface area (Å²) < 4.78 is 11.6. The third kappa shape index (κ3) is 2.45. The van der Waals surface area contributed by atoms with Crippen LogP contribution in [-0.4, -0.2) is 25.7 Å². The standard InChI is InChI=1S/C16H20ClNO3/c1-2-3-4-8-18-14-7-6-12(17)11-13(14)16(15(18)19)20-9-5-10-21-16/h6-7,11H,2-5,8-10H2,1H3. The molecule has 0 atom stereocenters. The molecular weight excluding hydrogens is 290 g/mol. The molecule has 0 N–H and O–H groups in total. The molecule has 0 aliphatic carbocycles. The van der Waals surface area contributed by atoms with Crippen LogP contribution in [0.4, 0.5) is 5.69 Å². The van der Waals surface area contributed by atoms with Gasteiger partial charge in [-0.1, -0.05) is 31.4 Å². The number of amides is 1. The van der Waals surface area contributed by atoms with Crippen LogP contribution in [0.15, 0.2) is 18.2 Å². The summed E-state index contributed by atoms with van der Waals surface area (Å²) in [4.78, 5) is 14.7. The number of benzene rings is 1. The molecule has 0 radical (unpaired) electrons. The average molecular weight is 310 g/mol. The third-order valence-corrected chi connectivity index (χ3v) is 4.25. The Morgan fingerprint density at radius 1 is 1.29 bits per heavy atom. The van der Waals surface area contributed by atoms with Gasteiger partial charge in [-0.2, -0.15) is 0 Å². The highest BCUT2D eigenvalue weighted by Gasteiger charge is 2.54. The highest BCUT2D eigenvalue weighted by atomic mass is 35.5. The summed E-state index contributed by atoms with van der Waals surface area (Å²) >= 11 is 6.11. The highest BCUT2D eigenvalue weighted by molar-refractivity contribution is 6.31. The molecule has 2 heterocycles. The van der Waals surface area contributed by atoms with Gasteiger partial charge in [-0.05, 0) is 31.0 Å². The predicted molar refractivity (Wildman–Crippen MR) is 81.5 cm³/mol. The summed E-state index contributed by atoms with van der Waals surface area (Å²) in [5, 5.41) is 0.592. The first kappa shape index (κ1) is 14.8. The van der Waals surface area contributed by atoms with E-state index in [1.54, 1.807) is 11.0 Å². The van der Waals surface area contributed by atoms with E-state index in [0.29, 0.717) is 24.8 Å². The SMILES string of the molecule is CCCCCN1C(=O)C2(OCCCO2)c2cc(Cl)ccc21. The van der Waals surface area contributed by atoms with Crippen molar-refractivity contribution in [3.05, 3.63) is 28.8 Å². The van der Waals surface area contributed by atoms with Gasteiger partial charge in [0.1, 0.15) is 0 Å². The maximum atomic E-state index is 12.9. The van der Waals surface area contributed by atoms with Crippen LogP contribution in [0.2, 0.25) is 5.02 Å². The molecular formula is C16H20ClNO3. The van der Waals surface area contributed by atoms with E-state index in [1.807, 2.05) is 12.1 Å². The van der Waals surface area contributed by atoms with Gasteiger partial charge < -0.3 is 14.4 Å². The normalized spacial score (nSPS) is 20.1. The lowest BCUT2D eigenvalue weighted by molar-refractivity contribution is -0.256. The number of ether oxygens (including phenoxy) is 2. The van der Waals surface area contributed by atoms with Gasteiger partial charge >= 0.3 is 0 Å². The Kier molecular flexibility index (Phi) is 4.20. The van der Waals surface area contributed by atoms with Crippen molar-refractivity contribution in [3.8, 4) is 0 Å². The van der Waals surface area contributed by atoms with Crippen molar-refractivity contribution in [2.75, 3.05) is 24.7 Å². The van der Waals surface area contributed by atoms with Gasteiger partial charge in [-0.3, -0.25) is 4.79 Å². The number of unbranched alkanes of at least 4 members (excludes halogenated alkanes) is 2. The number of anilines is 1. The molecule has 0 saturated carbocycles. The van der Waals surface area contributed by atoms with E-state index in [1.165, 1.54) is 0 Å². The zero-order chi connectivity index (χ0) is 14.9. The van der Waals surface area contributed by atoms with Gasteiger partial charge in [0.05, 0.1) is 18.9 Å². The van der Waals surface area contributed by atoms with E-state index < -0.39 is 5.79 Å². The van der Waals surface area contributed by atoms with Crippen molar-refractivity contribution in [2.24, 2.45) is 0 Å². The zero-order valence-corrected chi connectivity index (χ0v) is 13.0. The fourth-order valence-electron chi connectivity index (χ4n) is 2.96. The molecule has 114 valence electrons. The largest absolute Gasteiger partial charge is 0.338 e. The average Bonchev–Trinajstić information content (AvgIpc) is 2.71. The first-order chi connectivity index (χ1) is 10.2. The van der Waals surface area contributed by atoms with E-state index in [9.17, 15) is 4.79 Å². The van der Waals surface area contributed by atoms with E-state index >= 15 is 0 Å². The molecule has 2 aliphatic rings.